The van der Waals surface area contributed by atoms with Crippen LogP contribution in [-0.4, -0.2) is 48.4 Å². The molecule has 7 heteroatoms. The SMILES string of the molecule is COCCN(CC(=O)N(Cc1ccccc1)Cc1sccc1C)C(=O)c1ccccc1F. The van der Waals surface area contributed by atoms with Crippen LogP contribution in [-0.2, 0) is 22.6 Å². The van der Waals surface area contributed by atoms with Gasteiger partial charge in [-0.1, -0.05) is 42.5 Å². The van der Waals surface area contributed by atoms with Gasteiger partial charge in [0.15, 0.2) is 0 Å². The highest BCUT2D eigenvalue weighted by molar-refractivity contribution is 7.10. The first-order chi connectivity index (χ1) is 15.5. The Morgan fingerprint density at radius 1 is 0.969 bits per heavy atom. The summed E-state index contributed by atoms with van der Waals surface area (Å²) in [4.78, 5) is 30.6. The number of amides is 2. The normalized spacial score (nSPS) is 10.7. The minimum atomic E-state index is -0.609. The lowest BCUT2D eigenvalue weighted by Gasteiger charge is -2.28. The van der Waals surface area contributed by atoms with Crippen molar-refractivity contribution in [2.24, 2.45) is 0 Å². The standard InChI is InChI=1S/C25H27FN2O3S/c1-19-12-15-32-23(19)17-28(16-20-8-4-3-5-9-20)24(29)18-27(13-14-31-2)25(30)21-10-6-7-11-22(21)26/h3-12,15H,13-14,16-18H2,1-2H3. The maximum absolute atomic E-state index is 14.2. The molecular weight excluding hydrogens is 427 g/mol. The second-order valence-corrected chi connectivity index (χ2v) is 8.46. The van der Waals surface area contributed by atoms with Crippen molar-refractivity contribution in [3.8, 4) is 0 Å². The molecule has 0 fully saturated rings. The number of hydrogen-bond donors (Lipinski definition) is 0. The van der Waals surface area contributed by atoms with Gasteiger partial charge in [-0.2, -0.15) is 0 Å². The summed E-state index contributed by atoms with van der Waals surface area (Å²) in [6, 6.07) is 17.6. The predicted molar refractivity (Wildman–Crippen MR) is 124 cm³/mol. The molecule has 0 aliphatic carbocycles. The molecule has 0 saturated carbocycles. The van der Waals surface area contributed by atoms with Crippen molar-refractivity contribution in [2.45, 2.75) is 20.0 Å². The quantitative estimate of drug-likeness (QED) is 0.453. The van der Waals surface area contributed by atoms with E-state index in [0.29, 0.717) is 13.1 Å². The average Bonchev–Trinajstić information content (AvgIpc) is 3.21. The van der Waals surface area contributed by atoms with Gasteiger partial charge in [0.05, 0.1) is 18.7 Å². The lowest BCUT2D eigenvalue weighted by Crippen LogP contribution is -2.44. The number of nitrogens with zero attached hydrogens (tertiary/aromatic N) is 2. The van der Waals surface area contributed by atoms with Crippen LogP contribution >= 0.6 is 11.3 Å². The van der Waals surface area contributed by atoms with Gasteiger partial charge in [-0.05, 0) is 41.6 Å². The first-order valence-electron chi connectivity index (χ1n) is 10.4. The number of ether oxygens (including phenoxy) is 1. The molecule has 1 aromatic heterocycles. The maximum atomic E-state index is 14.2. The van der Waals surface area contributed by atoms with Crippen LogP contribution in [0.2, 0.25) is 0 Å². The summed E-state index contributed by atoms with van der Waals surface area (Å²) in [5.41, 5.74) is 2.07. The molecule has 1 heterocycles. The van der Waals surface area contributed by atoms with Crippen molar-refractivity contribution in [2.75, 3.05) is 26.8 Å². The number of thiophene rings is 1. The Labute approximate surface area is 192 Å². The Morgan fingerprint density at radius 2 is 1.69 bits per heavy atom. The fraction of sp³-hybridized carbons (Fsp3) is 0.280. The topological polar surface area (TPSA) is 49.9 Å². The number of halogens is 1. The molecule has 0 atom stereocenters. The van der Waals surface area contributed by atoms with Crippen LogP contribution in [0.15, 0.2) is 66.0 Å². The van der Waals surface area contributed by atoms with E-state index in [9.17, 15) is 14.0 Å². The molecule has 0 saturated heterocycles. The Bertz CT molecular complexity index is 1040. The summed E-state index contributed by atoms with van der Waals surface area (Å²) in [7, 11) is 1.52. The first-order valence-corrected chi connectivity index (χ1v) is 11.2. The third-order valence-corrected chi connectivity index (χ3v) is 6.16. The van der Waals surface area contributed by atoms with Gasteiger partial charge in [0.2, 0.25) is 5.91 Å². The van der Waals surface area contributed by atoms with E-state index in [1.807, 2.05) is 48.7 Å². The minimum Gasteiger partial charge on any atom is -0.383 e. The molecule has 0 bridgehead atoms. The van der Waals surface area contributed by atoms with Gasteiger partial charge in [-0.3, -0.25) is 9.59 Å². The van der Waals surface area contributed by atoms with E-state index in [-0.39, 0.29) is 31.2 Å². The summed E-state index contributed by atoms with van der Waals surface area (Å²) >= 11 is 1.60. The summed E-state index contributed by atoms with van der Waals surface area (Å²) in [6.07, 6.45) is 0. The van der Waals surface area contributed by atoms with E-state index in [4.69, 9.17) is 4.74 Å². The zero-order chi connectivity index (χ0) is 22.9. The predicted octanol–water partition coefficient (Wildman–Crippen LogP) is 4.51. The van der Waals surface area contributed by atoms with Gasteiger partial charge in [0.1, 0.15) is 12.4 Å². The van der Waals surface area contributed by atoms with Crippen LogP contribution in [0.4, 0.5) is 4.39 Å². The Morgan fingerprint density at radius 3 is 2.34 bits per heavy atom. The van der Waals surface area contributed by atoms with Crippen LogP contribution in [0, 0.1) is 12.7 Å². The van der Waals surface area contributed by atoms with E-state index in [1.165, 1.54) is 30.2 Å². The summed E-state index contributed by atoms with van der Waals surface area (Å²) in [6.45, 7) is 3.16. The molecule has 0 radical (unpaired) electrons. The summed E-state index contributed by atoms with van der Waals surface area (Å²) < 4.78 is 19.3. The molecule has 0 aliphatic heterocycles. The fourth-order valence-corrected chi connectivity index (χ4v) is 4.22. The monoisotopic (exact) mass is 454 g/mol. The van der Waals surface area contributed by atoms with Gasteiger partial charge in [0, 0.05) is 25.1 Å². The lowest BCUT2D eigenvalue weighted by molar-refractivity contribution is -0.133. The van der Waals surface area contributed by atoms with Crippen molar-refractivity contribution in [1.29, 1.82) is 0 Å². The number of benzene rings is 2. The van der Waals surface area contributed by atoms with E-state index in [0.717, 1.165) is 16.0 Å². The van der Waals surface area contributed by atoms with Crippen molar-refractivity contribution < 1.29 is 18.7 Å². The van der Waals surface area contributed by atoms with Crippen molar-refractivity contribution >= 4 is 23.2 Å². The zero-order valence-corrected chi connectivity index (χ0v) is 19.1. The van der Waals surface area contributed by atoms with Gasteiger partial charge in [0.25, 0.3) is 5.91 Å². The number of carbonyl (C=O) groups is 2. The highest BCUT2D eigenvalue weighted by Gasteiger charge is 2.24. The third-order valence-electron chi connectivity index (χ3n) is 5.15. The summed E-state index contributed by atoms with van der Waals surface area (Å²) in [5.74, 6) is -1.34. The van der Waals surface area contributed by atoms with Gasteiger partial charge in [-0.25, -0.2) is 4.39 Å². The molecule has 168 valence electrons. The number of aryl methyl sites for hydroxylation is 1. The molecule has 32 heavy (non-hydrogen) atoms. The highest BCUT2D eigenvalue weighted by Crippen LogP contribution is 2.20. The number of hydrogen-bond acceptors (Lipinski definition) is 4. The van der Waals surface area contributed by atoms with Crippen molar-refractivity contribution in [3.05, 3.63) is 93.4 Å². The Kier molecular flexibility index (Phi) is 8.53. The van der Waals surface area contributed by atoms with E-state index < -0.39 is 11.7 Å². The molecule has 0 N–H and O–H groups in total. The van der Waals surface area contributed by atoms with Crippen LogP contribution in [0.1, 0.15) is 26.4 Å². The fourth-order valence-electron chi connectivity index (χ4n) is 3.30. The van der Waals surface area contributed by atoms with Crippen LogP contribution in [0.5, 0.6) is 0 Å². The van der Waals surface area contributed by atoms with Crippen molar-refractivity contribution in [1.82, 2.24) is 9.80 Å². The van der Waals surface area contributed by atoms with Crippen molar-refractivity contribution in [3.63, 3.8) is 0 Å². The molecule has 2 aromatic carbocycles. The van der Waals surface area contributed by atoms with Crippen LogP contribution in [0.25, 0.3) is 0 Å². The molecule has 0 spiro atoms. The van der Waals surface area contributed by atoms with Crippen LogP contribution < -0.4 is 0 Å². The summed E-state index contributed by atoms with van der Waals surface area (Å²) in [5, 5.41) is 2.00. The Hall–Kier alpha value is -3.03. The molecule has 0 aliphatic rings. The number of rotatable bonds is 10. The largest absolute Gasteiger partial charge is 0.383 e. The third kappa shape index (κ3) is 6.24. The van der Waals surface area contributed by atoms with E-state index in [1.54, 1.807) is 22.3 Å². The van der Waals surface area contributed by atoms with Gasteiger partial charge >= 0.3 is 0 Å². The van der Waals surface area contributed by atoms with E-state index in [2.05, 4.69) is 0 Å². The molecule has 3 aromatic rings. The van der Waals surface area contributed by atoms with E-state index >= 15 is 0 Å². The Balaban J connectivity index is 1.82. The maximum Gasteiger partial charge on any atom is 0.257 e. The average molecular weight is 455 g/mol. The minimum absolute atomic E-state index is 0.0555. The zero-order valence-electron chi connectivity index (χ0n) is 18.3. The molecule has 5 nitrogen and oxygen atoms in total. The van der Waals surface area contributed by atoms with Gasteiger partial charge in [-0.15, -0.1) is 11.3 Å². The number of carbonyl (C=O) groups excluding carboxylic acids is 2. The lowest BCUT2D eigenvalue weighted by atomic mass is 10.1. The molecule has 0 unspecified atom stereocenters. The second kappa shape index (κ2) is 11.5. The smallest absolute Gasteiger partial charge is 0.257 e. The number of methoxy groups -OCH3 is 1. The molecular formula is C25H27FN2O3S. The van der Waals surface area contributed by atoms with Crippen LogP contribution in [0.3, 0.4) is 0 Å². The second-order valence-electron chi connectivity index (χ2n) is 7.46. The van der Waals surface area contributed by atoms with Gasteiger partial charge < -0.3 is 14.5 Å². The molecule has 2 amide bonds. The molecule has 3 rings (SSSR count). The first kappa shape index (κ1) is 23.6. The highest BCUT2D eigenvalue weighted by atomic mass is 32.1.